The lowest BCUT2D eigenvalue weighted by atomic mass is 9.80. The van der Waals surface area contributed by atoms with Gasteiger partial charge < -0.3 is 15.2 Å². The lowest BCUT2D eigenvalue weighted by Crippen LogP contribution is -2.39. The van der Waals surface area contributed by atoms with Crippen molar-refractivity contribution < 1.29 is 19.4 Å². The average Bonchev–Trinajstić information content (AvgIpc) is 2.82. The van der Waals surface area contributed by atoms with Gasteiger partial charge in [0.15, 0.2) is 0 Å². The van der Waals surface area contributed by atoms with E-state index in [-0.39, 0.29) is 18.6 Å². The van der Waals surface area contributed by atoms with Crippen molar-refractivity contribution in [3.05, 3.63) is 90.0 Å². The number of ether oxygens (including phenoxy) is 1. The topological polar surface area (TPSA) is 75.6 Å². The highest BCUT2D eigenvalue weighted by molar-refractivity contribution is 5.94. The van der Waals surface area contributed by atoms with Crippen molar-refractivity contribution in [3.8, 4) is 16.9 Å². The predicted molar refractivity (Wildman–Crippen MR) is 135 cm³/mol. The summed E-state index contributed by atoms with van der Waals surface area (Å²) in [5, 5.41) is 12.2. The Morgan fingerprint density at radius 3 is 2.00 bits per heavy atom. The van der Waals surface area contributed by atoms with Gasteiger partial charge in [0.25, 0.3) is 5.91 Å². The normalized spacial score (nSPS) is 13.1. The van der Waals surface area contributed by atoms with Crippen molar-refractivity contribution in [1.29, 1.82) is 0 Å². The third-order valence-electron chi connectivity index (χ3n) is 5.97. The van der Waals surface area contributed by atoms with Gasteiger partial charge in [-0.25, -0.2) is 0 Å². The van der Waals surface area contributed by atoms with Gasteiger partial charge in [-0.15, -0.1) is 0 Å². The molecule has 0 aliphatic rings. The number of hydrogen-bond donors (Lipinski definition) is 2. The Morgan fingerprint density at radius 1 is 0.882 bits per heavy atom. The minimum Gasteiger partial charge on any atom is -0.486 e. The number of carboxylic acid groups (broad SMARTS) is 1. The number of carbonyl (C=O) groups is 2. The van der Waals surface area contributed by atoms with Crippen LogP contribution in [0.1, 0.15) is 56.1 Å². The largest absolute Gasteiger partial charge is 0.486 e. The summed E-state index contributed by atoms with van der Waals surface area (Å²) in [4.78, 5) is 24.0. The van der Waals surface area contributed by atoms with Gasteiger partial charge in [0, 0.05) is 12.1 Å². The van der Waals surface area contributed by atoms with Gasteiger partial charge in [0.05, 0.1) is 5.92 Å². The summed E-state index contributed by atoms with van der Waals surface area (Å²) < 4.78 is 6.19. The molecule has 0 spiro atoms. The summed E-state index contributed by atoms with van der Waals surface area (Å²) in [7, 11) is 0. The van der Waals surface area contributed by atoms with Crippen LogP contribution in [-0.4, -0.2) is 23.5 Å². The van der Waals surface area contributed by atoms with E-state index in [2.05, 4.69) is 48.6 Å². The molecule has 1 amide bonds. The van der Waals surface area contributed by atoms with Crippen LogP contribution in [0.15, 0.2) is 78.9 Å². The molecule has 0 aliphatic heterocycles. The molecule has 0 fully saturated rings. The number of benzene rings is 3. The molecule has 0 heterocycles. The summed E-state index contributed by atoms with van der Waals surface area (Å²) in [6.45, 7) is 7.70. The van der Waals surface area contributed by atoms with E-state index in [0.717, 1.165) is 17.5 Å². The summed E-state index contributed by atoms with van der Waals surface area (Å²) in [5.41, 5.74) is 3.43. The zero-order chi connectivity index (χ0) is 24.7. The molecule has 0 aliphatic carbocycles. The van der Waals surface area contributed by atoms with Gasteiger partial charge >= 0.3 is 5.97 Å². The smallest absolute Gasteiger partial charge is 0.308 e. The first-order chi connectivity index (χ1) is 16.2. The molecule has 3 aromatic carbocycles. The molecule has 0 unspecified atom stereocenters. The van der Waals surface area contributed by atoms with Crippen LogP contribution in [0.25, 0.3) is 11.1 Å². The van der Waals surface area contributed by atoms with Crippen LogP contribution in [-0.2, 0) is 4.79 Å². The maximum Gasteiger partial charge on any atom is 0.308 e. The minimum absolute atomic E-state index is 0.0762. The van der Waals surface area contributed by atoms with Crippen molar-refractivity contribution in [2.45, 2.75) is 40.2 Å². The van der Waals surface area contributed by atoms with E-state index >= 15 is 0 Å². The fourth-order valence-corrected chi connectivity index (χ4v) is 3.82. The summed E-state index contributed by atoms with van der Waals surface area (Å²) in [6.07, 6.45) is 0.698. The Bertz CT molecular complexity index is 1080. The van der Waals surface area contributed by atoms with Crippen LogP contribution in [0.5, 0.6) is 5.75 Å². The van der Waals surface area contributed by atoms with Gasteiger partial charge in [-0.2, -0.15) is 0 Å². The molecule has 0 bridgehead atoms. The number of hydrogen-bond acceptors (Lipinski definition) is 3. The molecule has 2 N–H and O–H groups in total. The molecule has 5 nitrogen and oxygen atoms in total. The quantitative estimate of drug-likeness (QED) is 0.390. The van der Waals surface area contributed by atoms with Gasteiger partial charge in [-0.3, -0.25) is 9.59 Å². The van der Waals surface area contributed by atoms with Gasteiger partial charge in [0.2, 0.25) is 0 Å². The summed E-state index contributed by atoms with van der Waals surface area (Å²) in [6, 6.07) is 25.6. The minimum atomic E-state index is -0.918. The van der Waals surface area contributed by atoms with Crippen LogP contribution in [0.2, 0.25) is 0 Å². The van der Waals surface area contributed by atoms with E-state index in [1.54, 1.807) is 24.3 Å². The van der Waals surface area contributed by atoms with Crippen molar-refractivity contribution in [3.63, 3.8) is 0 Å². The zero-order valence-corrected chi connectivity index (χ0v) is 20.2. The van der Waals surface area contributed by atoms with E-state index in [9.17, 15) is 14.7 Å². The van der Waals surface area contributed by atoms with Gasteiger partial charge in [-0.05, 0) is 52.8 Å². The third-order valence-corrected chi connectivity index (χ3v) is 5.97. The molecule has 2 atom stereocenters. The fourth-order valence-electron chi connectivity index (χ4n) is 3.82. The van der Waals surface area contributed by atoms with Crippen molar-refractivity contribution in [1.82, 2.24) is 5.32 Å². The second-order valence-electron chi connectivity index (χ2n) is 9.49. The number of rotatable bonds is 9. The second kappa shape index (κ2) is 11.0. The molecule has 0 aromatic heterocycles. The Balaban J connectivity index is 1.62. The average molecular weight is 460 g/mol. The Labute approximate surface area is 201 Å². The highest BCUT2D eigenvalue weighted by Gasteiger charge is 2.31. The molecule has 3 rings (SSSR count). The number of carboxylic acids is 1. The Morgan fingerprint density at radius 2 is 1.47 bits per heavy atom. The van der Waals surface area contributed by atoms with Crippen LogP contribution >= 0.6 is 0 Å². The number of carbonyl (C=O) groups excluding carboxylic acids is 1. The van der Waals surface area contributed by atoms with E-state index < -0.39 is 17.3 Å². The first-order valence-corrected chi connectivity index (χ1v) is 11.6. The molecule has 178 valence electrons. The standard InChI is InChI=1S/C29H33NO4/c1-5-26(22-13-11-21(12-14-22)20-9-7-6-8-10-20)34-24-17-15-23(16-18-24)27(31)30-19-25(28(32)33)29(2,3)4/h6-18,25-26H,5,19H2,1-4H3,(H,30,31)(H,32,33)/t25-,26+/m1/s1. The molecule has 0 radical (unpaired) electrons. The monoisotopic (exact) mass is 459 g/mol. The highest BCUT2D eigenvalue weighted by atomic mass is 16.5. The summed E-state index contributed by atoms with van der Waals surface area (Å²) >= 11 is 0. The number of amides is 1. The van der Waals surface area contributed by atoms with Crippen LogP contribution in [0.4, 0.5) is 0 Å². The van der Waals surface area contributed by atoms with Gasteiger partial charge in [-0.1, -0.05) is 82.3 Å². The van der Waals surface area contributed by atoms with Crippen LogP contribution < -0.4 is 10.1 Å². The second-order valence-corrected chi connectivity index (χ2v) is 9.49. The number of nitrogens with one attached hydrogen (secondary N) is 1. The highest BCUT2D eigenvalue weighted by Crippen LogP contribution is 2.28. The predicted octanol–water partition coefficient (Wildman–Crippen LogP) is 6.36. The van der Waals surface area contributed by atoms with Crippen molar-refractivity contribution >= 4 is 11.9 Å². The zero-order valence-electron chi connectivity index (χ0n) is 20.2. The van der Waals surface area contributed by atoms with Crippen molar-refractivity contribution in [2.24, 2.45) is 11.3 Å². The Hall–Kier alpha value is -3.60. The molecular weight excluding hydrogens is 426 g/mol. The SMILES string of the molecule is CC[C@H](Oc1ccc(C(=O)NC[C@H](C(=O)O)C(C)(C)C)cc1)c1ccc(-c2ccccc2)cc1. The molecule has 0 saturated heterocycles. The Kier molecular flexibility index (Phi) is 8.11. The van der Waals surface area contributed by atoms with Crippen LogP contribution in [0.3, 0.4) is 0 Å². The van der Waals surface area contributed by atoms with E-state index in [4.69, 9.17) is 4.74 Å². The third kappa shape index (κ3) is 6.47. The first-order valence-electron chi connectivity index (χ1n) is 11.6. The van der Waals surface area contributed by atoms with Crippen molar-refractivity contribution in [2.75, 3.05) is 6.54 Å². The molecule has 0 saturated carbocycles. The lowest BCUT2D eigenvalue weighted by Gasteiger charge is -2.27. The lowest BCUT2D eigenvalue weighted by molar-refractivity contribution is -0.145. The molecular formula is C29H33NO4. The maximum absolute atomic E-state index is 12.5. The summed E-state index contributed by atoms with van der Waals surface area (Å²) in [5.74, 6) is -1.21. The molecule has 3 aromatic rings. The maximum atomic E-state index is 12.5. The first kappa shape index (κ1) is 25.0. The van der Waals surface area contributed by atoms with E-state index in [1.807, 2.05) is 39.0 Å². The number of aliphatic carboxylic acids is 1. The van der Waals surface area contributed by atoms with E-state index in [1.165, 1.54) is 5.56 Å². The van der Waals surface area contributed by atoms with Gasteiger partial charge in [0.1, 0.15) is 11.9 Å². The van der Waals surface area contributed by atoms with Crippen LogP contribution in [0, 0.1) is 11.3 Å². The van der Waals surface area contributed by atoms with E-state index in [0.29, 0.717) is 11.3 Å². The fraction of sp³-hybridized carbons (Fsp3) is 0.310. The molecule has 34 heavy (non-hydrogen) atoms. The molecule has 5 heteroatoms.